The second kappa shape index (κ2) is 5.08. The third-order valence-corrected chi connectivity index (χ3v) is 0.446. The van der Waals surface area contributed by atoms with Gasteiger partial charge in [0.2, 0.25) is 0 Å². The summed E-state index contributed by atoms with van der Waals surface area (Å²) in [7, 11) is 0. The first-order valence-corrected chi connectivity index (χ1v) is 2.01. The van der Waals surface area contributed by atoms with Crippen LogP contribution in [0.2, 0.25) is 0 Å². The summed E-state index contributed by atoms with van der Waals surface area (Å²) >= 11 is 0. The summed E-state index contributed by atoms with van der Waals surface area (Å²) in [6.45, 7) is 3.85. The molecule has 0 saturated heterocycles. The largest absolute Gasteiger partial charge is 0.498 e. The van der Waals surface area contributed by atoms with Crippen LogP contribution in [0.3, 0.4) is 0 Å². The summed E-state index contributed by atoms with van der Waals surface area (Å²) in [5.74, 6) is 0. The molecular formula is C5H9NO. The maximum Gasteiger partial charge on any atom is 0.107 e. The van der Waals surface area contributed by atoms with Crippen LogP contribution in [0.4, 0.5) is 0 Å². The summed E-state index contributed by atoms with van der Waals surface area (Å²) in [6, 6.07) is 0. The van der Waals surface area contributed by atoms with Crippen LogP contribution in [-0.2, 0) is 4.74 Å². The Hall–Kier alpha value is -0.920. The Morgan fingerprint density at radius 2 is 2.43 bits per heavy atom. The van der Waals surface area contributed by atoms with Gasteiger partial charge in [-0.15, -0.1) is 0 Å². The van der Waals surface area contributed by atoms with Gasteiger partial charge in [-0.3, -0.25) is 0 Å². The van der Waals surface area contributed by atoms with Crippen LogP contribution in [0.15, 0.2) is 25.1 Å². The summed E-state index contributed by atoms with van der Waals surface area (Å²) in [5.41, 5.74) is 4.97. The number of hydrogen-bond acceptors (Lipinski definition) is 2. The minimum Gasteiger partial charge on any atom is -0.498 e. The fraction of sp³-hybridized carbons (Fsp3) is 0.200. The number of rotatable bonds is 3. The molecule has 0 unspecified atom stereocenters. The van der Waals surface area contributed by atoms with E-state index < -0.39 is 0 Å². The van der Waals surface area contributed by atoms with Gasteiger partial charge in [0.05, 0.1) is 6.26 Å². The summed E-state index contributed by atoms with van der Waals surface area (Å²) < 4.78 is 4.67. The molecule has 2 heteroatoms. The van der Waals surface area contributed by atoms with Crippen LogP contribution in [0, 0.1) is 0 Å². The van der Waals surface area contributed by atoms with E-state index in [1.54, 1.807) is 6.08 Å². The third kappa shape index (κ3) is 5.08. The molecule has 0 spiro atoms. The van der Waals surface area contributed by atoms with Crippen LogP contribution >= 0.6 is 0 Å². The van der Waals surface area contributed by atoms with Crippen molar-refractivity contribution < 1.29 is 4.74 Å². The minimum absolute atomic E-state index is 0.514. The molecule has 0 aliphatic carbocycles. The molecule has 7 heavy (non-hydrogen) atoms. The van der Waals surface area contributed by atoms with Gasteiger partial charge in [0, 0.05) is 0 Å². The molecule has 40 valence electrons. The van der Waals surface area contributed by atoms with E-state index in [0.29, 0.717) is 6.61 Å². The highest BCUT2D eigenvalue weighted by molar-refractivity contribution is 4.75. The number of nitrogens with two attached hydrogens (primary N) is 1. The van der Waals surface area contributed by atoms with Gasteiger partial charge in [0.15, 0.2) is 0 Å². The maximum atomic E-state index is 4.97. The van der Waals surface area contributed by atoms with Crippen molar-refractivity contribution in [3.05, 3.63) is 25.1 Å². The lowest BCUT2D eigenvalue weighted by Gasteiger charge is -1.87. The molecule has 0 amide bonds. The van der Waals surface area contributed by atoms with Crippen molar-refractivity contribution in [3.63, 3.8) is 0 Å². The smallest absolute Gasteiger partial charge is 0.107 e. The zero-order chi connectivity index (χ0) is 5.54. The minimum atomic E-state index is 0.514. The molecule has 0 aromatic carbocycles. The van der Waals surface area contributed by atoms with Gasteiger partial charge in [-0.1, -0.05) is 6.58 Å². The summed E-state index contributed by atoms with van der Waals surface area (Å²) in [6.07, 6.45) is 4.51. The molecular weight excluding hydrogens is 90.1 g/mol. The van der Waals surface area contributed by atoms with Crippen molar-refractivity contribution in [2.45, 2.75) is 0 Å². The lowest BCUT2D eigenvalue weighted by Crippen LogP contribution is -1.82. The van der Waals surface area contributed by atoms with Crippen LogP contribution in [0.1, 0.15) is 0 Å². The Bertz CT molecular complexity index is 68.5. The Kier molecular flexibility index (Phi) is 4.41. The van der Waals surface area contributed by atoms with E-state index in [1.165, 1.54) is 12.5 Å². The molecule has 0 bridgehead atoms. The Morgan fingerprint density at radius 1 is 1.71 bits per heavy atom. The summed E-state index contributed by atoms with van der Waals surface area (Å²) in [5, 5.41) is 0. The first kappa shape index (κ1) is 6.08. The molecule has 0 aromatic heterocycles. The highest BCUT2D eigenvalue weighted by Gasteiger charge is 1.65. The molecule has 2 N–H and O–H groups in total. The van der Waals surface area contributed by atoms with E-state index in [0.717, 1.165) is 0 Å². The predicted octanol–water partition coefficient (Wildman–Crippen LogP) is 0.619. The molecule has 0 aromatic rings. The Labute approximate surface area is 43.3 Å². The Balaban J connectivity index is 2.82. The third-order valence-electron chi connectivity index (χ3n) is 0.446. The van der Waals surface area contributed by atoms with E-state index in [2.05, 4.69) is 11.3 Å². The zero-order valence-electron chi connectivity index (χ0n) is 4.13. The molecule has 0 atom stereocenters. The Morgan fingerprint density at radius 3 is 2.86 bits per heavy atom. The fourth-order valence-corrected chi connectivity index (χ4v) is 0.179. The molecule has 0 rings (SSSR count). The average Bonchev–Trinajstić information content (AvgIpc) is 1.69. The van der Waals surface area contributed by atoms with E-state index in [-0.39, 0.29) is 0 Å². The van der Waals surface area contributed by atoms with Gasteiger partial charge >= 0.3 is 0 Å². The molecule has 0 aliphatic rings. The lowest BCUT2D eigenvalue weighted by molar-refractivity contribution is 0.291. The van der Waals surface area contributed by atoms with Crippen LogP contribution in [-0.4, -0.2) is 6.61 Å². The van der Waals surface area contributed by atoms with E-state index in [4.69, 9.17) is 5.73 Å². The zero-order valence-corrected chi connectivity index (χ0v) is 4.13. The van der Waals surface area contributed by atoms with Gasteiger partial charge in [-0.05, 0) is 12.3 Å². The van der Waals surface area contributed by atoms with Crippen LogP contribution in [0.25, 0.3) is 0 Å². The molecule has 2 nitrogen and oxygen atoms in total. The highest BCUT2D eigenvalue weighted by atomic mass is 16.5. The number of hydrogen-bond donors (Lipinski definition) is 1. The first-order valence-electron chi connectivity index (χ1n) is 2.01. The van der Waals surface area contributed by atoms with Crippen molar-refractivity contribution in [2.24, 2.45) is 5.73 Å². The molecule has 0 heterocycles. The van der Waals surface area contributed by atoms with Crippen molar-refractivity contribution in [1.82, 2.24) is 0 Å². The van der Waals surface area contributed by atoms with E-state index in [9.17, 15) is 0 Å². The van der Waals surface area contributed by atoms with Gasteiger partial charge in [-0.2, -0.15) is 0 Å². The predicted molar refractivity (Wildman–Crippen MR) is 29.5 cm³/mol. The van der Waals surface area contributed by atoms with Gasteiger partial charge in [0.1, 0.15) is 6.61 Å². The monoisotopic (exact) mass is 99.1 g/mol. The van der Waals surface area contributed by atoms with Crippen LogP contribution in [0.5, 0.6) is 0 Å². The van der Waals surface area contributed by atoms with Crippen molar-refractivity contribution in [1.29, 1.82) is 0 Å². The maximum absolute atomic E-state index is 4.97. The highest BCUT2D eigenvalue weighted by Crippen LogP contribution is 1.71. The number of ether oxygens (including phenoxy) is 1. The summed E-state index contributed by atoms with van der Waals surface area (Å²) in [4.78, 5) is 0. The molecule has 0 radical (unpaired) electrons. The molecule has 0 saturated carbocycles. The lowest BCUT2D eigenvalue weighted by atomic mass is 10.7. The SMILES string of the molecule is C=COCC=CN. The van der Waals surface area contributed by atoms with E-state index in [1.807, 2.05) is 0 Å². The molecule has 0 aliphatic heterocycles. The van der Waals surface area contributed by atoms with Crippen molar-refractivity contribution in [2.75, 3.05) is 6.61 Å². The average molecular weight is 99.1 g/mol. The fourth-order valence-electron chi connectivity index (χ4n) is 0.179. The standard InChI is InChI=1S/C5H9NO/c1-2-7-5-3-4-6/h2-4H,1,5-6H2. The second-order valence-corrected chi connectivity index (χ2v) is 0.928. The van der Waals surface area contributed by atoms with Gasteiger partial charge in [0.25, 0.3) is 0 Å². The van der Waals surface area contributed by atoms with Crippen LogP contribution < -0.4 is 5.73 Å². The van der Waals surface area contributed by atoms with Crippen molar-refractivity contribution >= 4 is 0 Å². The molecule has 0 fully saturated rings. The van der Waals surface area contributed by atoms with Gasteiger partial charge < -0.3 is 10.5 Å². The second-order valence-electron chi connectivity index (χ2n) is 0.928. The quantitative estimate of drug-likeness (QED) is 0.416. The topological polar surface area (TPSA) is 35.2 Å². The first-order chi connectivity index (χ1) is 3.41. The van der Waals surface area contributed by atoms with E-state index >= 15 is 0 Å². The normalized spacial score (nSPS) is 9.14. The van der Waals surface area contributed by atoms with Crippen molar-refractivity contribution in [3.8, 4) is 0 Å². The van der Waals surface area contributed by atoms with Gasteiger partial charge in [-0.25, -0.2) is 0 Å².